The number of hydrogen-bond acceptors (Lipinski definition) is 2. The van der Waals surface area contributed by atoms with Crippen LogP contribution >= 0.6 is 11.6 Å². The summed E-state index contributed by atoms with van der Waals surface area (Å²) in [4.78, 5) is 4.74. The summed E-state index contributed by atoms with van der Waals surface area (Å²) in [7, 11) is 0. The Morgan fingerprint density at radius 3 is 1.40 bits per heavy atom. The van der Waals surface area contributed by atoms with Gasteiger partial charge in [0.1, 0.15) is 0 Å². The van der Waals surface area contributed by atoms with Crippen molar-refractivity contribution < 1.29 is 0 Å². The van der Waals surface area contributed by atoms with Crippen molar-refractivity contribution >= 4 is 45.7 Å². The molecule has 0 N–H and O–H groups in total. The Bertz CT molecular complexity index is 2090. The van der Waals surface area contributed by atoms with E-state index in [0.29, 0.717) is 5.02 Å². The van der Waals surface area contributed by atoms with Crippen LogP contribution in [0, 0.1) is 6.92 Å². The van der Waals surface area contributed by atoms with Gasteiger partial charge < -0.3 is 9.80 Å². The lowest BCUT2D eigenvalue weighted by Gasteiger charge is -2.32. The monoisotopic (exact) mass is 704 g/mol. The van der Waals surface area contributed by atoms with Gasteiger partial charge in [-0.2, -0.15) is 0 Å². The Labute approximate surface area is 317 Å². The Morgan fingerprint density at radius 1 is 0.404 bits per heavy atom. The number of anilines is 6. The van der Waals surface area contributed by atoms with Crippen molar-refractivity contribution in [1.82, 2.24) is 0 Å². The highest BCUT2D eigenvalue weighted by molar-refractivity contribution is 6.30. The quantitative estimate of drug-likeness (QED) is 0.163. The number of benzene rings is 6. The van der Waals surface area contributed by atoms with Crippen LogP contribution in [0.1, 0.15) is 84.6 Å². The molecule has 0 bridgehead atoms. The first-order chi connectivity index (χ1) is 24.5. The second kappa shape index (κ2) is 14.3. The standard InChI is InChI=1S/C49H53ClN2/c1-34-29-43(51(40-24-19-36(20-25-40)47(2,3)4)41-26-21-37(22-27-41)48(5,6)7)33-44(30-34)52(42-18-14-17-39(50)32-42)46-28-23-38(49(8,9)10)31-45(46)35-15-12-11-13-16-35/h11-33H,1-10H3. The topological polar surface area (TPSA) is 6.48 Å². The molecule has 0 spiro atoms. The lowest BCUT2D eigenvalue weighted by molar-refractivity contribution is 0.590. The summed E-state index contributed by atoms with van der Waals surface area (Å²) in [5, 5.41) is 0.697. The van der Waals surface area contributed by atoms with Gasteiger partial charge in [0.25, 0.3) is 0 Å². The van der Waals surface area contributed by atoms with Gasteiger partial charge >= 0.3 is 0 Å². The molecule has 0 heterocycles. The highest BCUT2D eigenvalue weighted by atomic mass is 35.5. The van der Waals surface area contributed by atoms with Crippen LogP contribution in [-0.4, -0.2) is 0 Å². The molecule has 0 saturated carbocycles. The first-order valence-corrected chi connectivity index (χ1v) is 18.8. The zero-order valence-electron chi connectivity index (χ0n) is 32.6. The molecule has 6 aromatic carbocycles. The van der Waals surface area contributed by atoms with E-state index in [9.17, 15) is 0 Å². The molecule has 6 aromatic rings. The largest absolute Gasteiger partial charge is 0.310 e. The van der Waals surface area contributed by atoms with Crippen LogP contribution < -0.4 is 9.80 Å². The molecule has 2 nitrogen and oxygen atoms in total. The van der Waals surface area contributed by atoms with E-state index >= 15 is 0 Å². The number of aryl methyl sites for hydroxylation is 1. The van der Waals surface area contributed by atoms with Gasteiger partial charge in [0, 0.05) is 39.0 Å². The van der Waals surface area contributed by atoms with E-state index in [-0.39, 0.29) is 16.2 Å². The predicted octanol–water partition coefficient (Wildman–Crippen LogP) is 15.1. The molecule has 266 valence electrons. The number of halogens is 1. The lowest BCUT2D eigenvalue weighted by atomic mass is 9.84. The van der Waals surface area contributed by atoms with Crippen LogP contribution in [0.2, 0.25) is 5.02 Å². The average molecular weight is 705 g/mol. The molecule has 0 fully saturated rings. The van der Waals surface area contributed by atoms with Gasteiger partial charge in [-0.15, -0.1) is 0 Å². The van der Waals surface area contributed by atoms with Crippen LogP contribution in [0.4, 0.5) is 34.1 Å². The zero-order valence-corrected chi connectivity index (χ0v) is 33.3. The third kappa shape index (κ3) is 8.14. The molecule has 0 aliphatic rings. The minimum Gasteiger partial charge on any atom is -0.310 e. The fraction of sp³-hybridized carbons (Fsp3) is 0.265. The molecule has 0 amide bonds. The van der Waals surface area contributed by atoms with Gasteiger partial charge in [0.15, 0.2) is 0 Å². The van der Waals surface area contributed by atoms with Crippen molar-refractivity contribution in [2.45, 2.75) is 85.5 Å². The summed E-state index contributed by atoms with van der Waals surface area (Å²) in [6.45, 7) is 22.6. The predicted molar refractivity (Wildman–Crippen MR) is 227 cm³/mol. The smallest absolute Gasteiger partial charge is 0.0540 e. The summed E-state index contributed by atoms with van der Waals surface area (Å²) >= 11 is 6.73. The maximum absolute atomic E-state index is 6.73. The molecule has 3 heteroatoms. The Hall–Kier alpha value is -4.79. The minimum atomic E-state index is -0.00890. The van der Waals surface area contributed by atoms with Crippen molar-refractivity contribution in [3.8, 4) is 11.1 Å². The van der Waals surface area contributed by atoms with E-state index in [0.717, 1.165) is 39.7 Å². The van der Waals surface area contributed by atoms with Crippen LogP contribution in [0.15, 0.2) is 140 Å². The first kappa shape index (κ1) is 37.0. The van der Waals surface area contributed by atoms with Crippen LogP contribution in [-0.2, 0) is 16.2 Å². The summed E-state index contributed by atoms with van der Waals surface area (Å²) in [6.07, 6.45) is 0. The molecule has 0 saturated heterocycles. The van der Waals surface area contributed by atoms with Crippen LogP contribution in [0.5, 0.6) is 0 Å². The van der Waals surface area contributed by atoms with Gasteiger partial charge in [-0.05, 0) is 124 Å². The second-order valence-corrected chi connectivity index (χ2v) is 17.6. The van der Waals surface area contributed by atoms with Crippen LogP contribution in [0.25, 0.3) is 11.1 Å². The van der Waals surface area contributed by atoms with Gasteiger partial charge in [-0.1, -0.05) is 141 Å². The Morgan fingerprint density at radius 2 is 0.904 bits per heavy atom. The molecule has 0 atom stereocenters. The Kier molecular flexibility index (Phi) is 10.2. The van der Waals surface area contributed by atoms with Gasteiger partial charge in [0.2, 0.25) is 0 Å². The molecular weight excluding hydrogens is 652 g/mol. The number of hydrogen-bond donors (Lipinski definition) is 0. The van der Waals surface area contributed by atoms with E-state index in [1.165, 1.54) is 27.8 Å². The summed E-state index contributed by atoms with van der Waals surface area (Å²) in [5.74, 6) is 0. The van der Waals surface area contributed by atoms with Crippen molar-refractivity contribution in [3.63, 3.8) is 0 Å². The molecule has 6 rings (SSSR count). The highest BCUT2D eigenvalue weighted by Crippen LogP contribution is 2.46. The molecule has 0 aromatic heterocycles. The number of nitrogens with zero attached hydrogens (tertiary/aromatic N) is 2. The van der Waals surface area contributed by atoms with Gasteiger partial charge in [-0.3, -0.25) is 0 Å². The van der Waals surface area contributed by atoms with Gasteiger partial charge in [0.05, 0.1) is 5.69 Å². The van der Waals surface area contributed by atoms with Crippen molar-refractivity contribution in [2.24, 2.45) is 0 Å². The third-order valence-electron chi connectivity index (χ3n) is 9.80. The van der Waals surface area contributed by atoms with Crippen molar-refractivity contribution in [3.05, 3.63) is 167 Å². The molecule has 0 radical (unpaired) electrons. The third-order valence-corrected chi connectivity index (χ3v) is 10.0. The molecule has 0 aliphatic carbocycles. The fourth-order valence-electron chi connectivity index (χ4n) is 6.76. The fourth-order valence-corrected chi connectivity index (χ4v) is 6.94. The first-order valence-electron chi connectivity index (χ1n) is 18.4. The van der Waals surface area contributed by atoms with E-state index in [2.05, 4.69) is 206 Å². The van der Waals surface area contributed by atoms with E-state index in [1.54, 1.807) is 0 Å². The SMILES string of the molecule is Cc1cc(N(c2ccc(C(C)(C)C)cc2)c2ccc(C(C)(C)C)cc2)cc(N(c2cccc(Cl)c2)c2ccc(C(C)(C)C)cc2-c2ccccc2)c1. The molecule has 52 heavy (non-hydrogen) atoms. The maximum Gasteiger partial charge on any atom is 0.0540 e. The molecular formula is C49H53ClN2. The summed E-state index contributed by atoms with van der Waals surface area (Å²) in [6, 6.07) is 50.8. The molecule has 0 unspecified atom stereocenters. The van der Waals surface area contributed by atoms with E-state index < -0.39 is 0 Å². The molecule has 0 aliphatic heterocycles. The highest BCUT2D eigenvalue weighted by Gasteiger charge is 2.24. The maximum atomic E-state index is 6.73. The van der Waals surface area contributed by atoms with E-state index in [4.69, 9.17) is 11.6 Å². The van der Waals surface area contributed by atoms with Crippen molar-refractivity contribution in [1.29, 1.82) is 0 Å². The normalized spacial score (nSPS) is 12.1. The van der Waals surface area contributed by atoms with Crippen LogP contribution in [0.3, 0.4) is 0 Å². The second-order valence-electron chi connectivity index (χ2n) is 17.1. The van der Waals surface area contributed by atoms with E-state index in [1.807, 2.05) is 12.1 Å². The lowest BCUT2D eigenvalue weighted by Crippen LogP contribution is -2.16. The minimum absolute atomic E-state index is 0.00890. The van der Waals surface area contributed by atoms with Gasteiger partial charge in [-0.25, -0.2) is 0 Å². The average Bonchev–Trinajstić information content (AvgIpc) is 3.08. The summed E-state index contributed by atoms with van der Waals surface area (Å²) < 4.78 is 0. The van der Waals surface area contributed by atoms with Crippen molar-refractivity contribution in [2.75, 3.05) is 9.80 Å². The summed E-state index contributed by atoms with van der Waals surface area (Å²) in [5.41, 5.74) is 14.0. The zero-order chi connectivity index (χ0) is 37.4. The number of rotatable bonds is 7. The Balaban J connectivity index is 1.60.